The van der Waals surface area contributed by atoms with E-state index >= 15 is 0 Å². The first-order chi connectivity index (χ1) is 11.6. The zero-order chi connectivity index (χ0) is 17.3. The van der Waals surface area contributed by atoms with Gasteiger partial charge in [-0.15, -0.1) is 11.3 Å². The number of carbonyl (C=O) groups is 1. The standard InChI is InChI=1S/C17H22N2O4S/c1-11-13(10-20)24-16-14(11)15(21)19(12-6-4-3-5-7-12)17(22)18(16)8-9-23-2/h10,12H,3-9H2,1-2H3. The predicted octanol–water partition coefficient (Wildman–Crippen LogP) is 2.50. The number of hydrogen-bond donors (Lipinski definition) is 0. The first-order valence-electron chi connectivity index (χ1n) is 8.32. The summed E-state index contributed by atoms with van der Waals surface area (Å²) in [7, 11) is 1.58. The third-order valence-electron chi connectivity index (χ3n) is 4.85. The maximum absolute atomic E-state index is 13.0. The molecule has 130 valence electrons. The summed E-state index contributed by atoms with van der Waals surface area (Å²) in [5.41, 5.74) is 0.137. The monoisotopic (exact) mass is 350 g/mol. The summed E-state index contributed by atoms with van der Waals surface area (Å²) in [6.07, 6.45) is 5.70. The summed E-state index contributed by atoms with van der Waals surface area (Å²) >= 11 is 1.21. The SMILES string of the molecule is COCCn1c(=O)n(C2CCCCC2)c(=O)c2c(C)c(C=O)sc21. The molecule has 0 bridgehead atoms. The van der Waals surface area contributed by atoms with Crippen LogP contribution in [0.4, 0.5) is 0 Å². The van der Waals surface area contributed by atoms with Crippen molar-refractivity contribution in [1.82, 2.24) is 9.13 Å². The molecule has 2 heterocycles. The van der Waals surface area contributed by atoms with Gasteiger partial charge in [0.15, 0.2) is 6.29 Å². The summed E-state index contributed by atoms with van der Waals surface area (Å²) in [6.45, 7) is 2.53. The van der Waals surface area contributed by atoms with Gasteiger partial charge in [0.25, 0.3) is 5.56 Å². The van der Waals surface area contributed by atoms with Crippen molar-refractivity contribution in [2.75, 3.05) is 13.7 Å². The maximum Gasteiger partial charge on any atom is 0.332 e. The molecule has 2 aromatic heterocycles. The Morgan fingerprint density at radius 2 is 1.96 bits per heavy atom. The van der Waals surface area contributed by atoms with Crippen LogP contribution >= 0.6 is 11.3 Å². The van der Waals surface area contributed by atoms with Crippen molar-refractivity contribution >= 4 is 27.8 Å². The number of aryl methyl sites for hydroxylation is 1. The van der Waals surface area contributed by atoms with Crippen LogP contribution in [0.15, 0.2) is 9.59 Å². The van der Waals surface area contributed by atoms with Gasteiger partial charge in [0.2, 0.25) is 0 Å². The summed E-state index contributed by atoms with van der Waals surface area (Å²) in [5, 5.41) is 0.503. The predicted molar refractivity (Wildman–Crippen MR) is 94.5 cm³/mol. The fourth-order valence-corrected chi connectivity index (χ4v) is 4.67. The minimum atomic E-state index is -0.282. The Kier molecular flexibility index (Phi) is 5.01. The van der Waals surface area contributed by atoms with Crippen molar-refractivity contribution in [2.24, 2.45) is 0 Å². The number of rotatable bonds is 5. The number of aromatic nitrogens is 2. The van der Waals surface area contributed by atoms with Crippen LogP contribution in [-0.4, -0.2) is 29.1 Å². The van der Waals surface area contributed by atoms with E-state index in [1.807, 2.05) is 0 Å². The molecule has 0 aromatic carbocycles. The Labute approximate surface area is 143 Å². The van der Waals surface area contributed by atoms with Gasteiger partial charge in [-0.2, -0.15) is 0 Å². The zero-order valence-electron chi connectivity index (χ0n) is 14.0. The van der Waals surface area contributed by atoms with Crippen LogP contribution in [0.1, 0.15) is 53.4 Å². The number of aldehydes is 1. The van der Waals surface area contributed by atoms with E-state index in [1.165, 1.54) is 15.9 Å². The van der Waals surface area contributed by atoms with Crippen LogP contribution < -0.4 is 11.2 Å². The van der Waals surface area contributed by atoms with Crippen molar-refractivity contribution in [3.8, 4) is 0 Å². The Bertz CT molecular complexity index is 871. The van der Waals surface area contributed by atoms with E-state index in [-0.39, 0.29) is 17.3 Å². The van der Waals surface area contributed by atoms with Crippen LogP contribution in [0.5, 0.6) is 0 Å². The average molecular weight is 350 g/mol. The van der Waals surface area contributed by atoms with Crippen LogP contribution in [0.25, 0.3) is 10.2 Å². The number of fused-ring (bicyclic) bond motifs is 1. The van der Waals surface area contributed by atoms with E-state index in [2.05, 4.69) is 0 Å². The Balaban J connectivity index is 2.31. The Morgan fingerprint density at radius 3 is 2.58 bits per heavy atom. The third kappa shape index (κ3) is 2.75. The molecule has 0 aliphatic heterocycles. The third-order valence-corrected chi connectivity index (χ3v) is 6.09. The van der Waals surface area contributed by atoms with Crippen molar-refractivity contribution in [3.63, 3.8) is 0 Å². The van der Waals surface area contributed by atoms with Crippen LogP contribution in [0.3, 0.4) is 0 Å². The highest BCUT2D eigenvalue weighted by Gasteiger charge is 2.25. The molecule has 0 saturated heterocycles. The van der Waals surface area contributed by atoms with Gasteiger partial charge in [0.05, 0.1) is 23.4 Å². The lowest BCUT2D eigenvalue weighted by Crippen LogP contribution is -2.43. The minimum Gasteiger partial charge on any atom is -0.383 e. The first kappa shape index (κ1) is 17.1. The fourth-order valence-electron chi connectivity index (χ4n) is 3.53. The normalized spacial score (nSPS) is 15.9. The lowest BCUT2D eigenvalue weighted by Gasteiger charge is -2.24. The van der Waals surface area contributed by atoms with E-state index in [0.29, 0.717) is 33.8 Å². The first-order valence-corrected chi connectivity index (χ1v) is 9.14. The summed E-state index contributed by atoms with van der Waals surface area (Å²) in [4.78, 5) is 38.4. The molecule has 6 nitrogen and oxygen atoms in total. The topological polar surface area (TPSA) is 70.3 Å². The quantitative estimate of drug-likeness (QED) is 0.777. The molecule has 3 rings (SSSR count). The molecule has 0 atom stereocenters. The van der Waals surface area contributed by atoms with E-state index in [4.69, 9.17) is 4.74 Å². The minimum absolute atomic E-state index is 0.0454. The number of nitrogens with zero attached hydrogens (tertiary/aromatic N) is 2. The highest BCUT2D eigenvalue weighted by atomic mass is 32.1. The molecule has 24 heavy (non-hydrogen) atoms. The summed E-state index contributed by atoms with van der Waals surface area (Å²) in [5.74, 6) is 0. The average Bonchev–Trinajstić information content (AvgIpc) is 2.92. The molecule has 0 spiro atoms. The van der Waals surface area contributed by atoms with Crippen LogP contribution in [-0.2, 0) is 11.3 Å². The van der Waals surface area contributed by atoms with Crippen molar-refractivity contribution in [1.29, 1.82) is 0 Å². The molecule has 0 radical (unpaired) electrons. The molecule has 0 unspecified atom stereocenters. The molecule has 1 aliphatic carbocycles. The van der Waals surface area contributed by atoms with Crippen molar-refractivity contribution in [3.05, 3.63) is 31.3 Å². The molecule has 1 aliphatic rings. The molecule has 7 heteroatoms. The molecular weight excluding hydrogens is 328 g/mol. The highest BCUT2D eigenvalue weighted by molar-refractivity contribution is 7.20. The van der Waals surface area contributed by atoms with Crippen molar-refractivity contribution < 1.29 is 9.53 Å². The van der Waals surface area contributed by atoms with E-state index in [9.17, 15) is 14.4 Å². The van der Waals surface area contributed by atoms with Gasteiger partial charge in [-0.25, -0.2) is 4.79 Å². The second-order valence-electron chi connectivity index (χ2n) is 6.28. The second-order valence-corrected chi connectivity index (χ2v) is 7.31. The van der Waals surface area contributed by atoms with E-state index in [0.717, 1.165) is 38.4 Å². The van der Waals surface area contributed by atoms with Gasteiger partial charge >= 0.3 is 5.69 Å². The number of ether oxygens (including phenoxy) is 1. The van der Waals surface area contributed by atoms with Crippen LogP contribution in [0.2, 0.25) is 0 Å². The number of carbonyl (C=O) groups excluding carboxylic acids is 1. The van der Waals surface area contributed by atoms with Crippen LogP contribution in [0, 0.1) is 6.92 Å². The van der Waals surface area contributed by atoms with Gasteiger partial charge in [-0.05, 0) is 25.3 Å². The summed E-state index contributed by atoms with van der Waals surface area (Å²) < 4.78 is 8.14. The van der Waals surface area contributed by atoms with E-state index in [1.54, 1.807) is 18.6 Å². The second kappa shape index (κ2) is 7.03. The fraction of sp³-hybridized carbons (Fsp3) is 0.588. The van der Waals surface area contributed by atoms with Gasteiger partial charge in [-0.3, -0.25) is 18.7 Å². The molecular formula is C17H22N2O4S. The molecule has 0 amide bonds. The van der Waals surface area contributed by atoms with E-state index < -0.39 is 0 Å². The molecule has 0 N–H and O–H groups in total. The molecule has 2 aromatic rings. The largest absolute Gasteiger partial charge is 0.383 e. The number of methoxy groups -OCH3 is 1. The van der Waals surface area contributed by atoms with Gasteiger partial charge in [-0.1, -0.05) is 19.3 Å². The highest BCUT2D eigenvalue weighted by Crippen LogP contribution is 2.29. The zero-order valence-corrected chi connectivity index (χ0v) is 14.9. The molecule has 1 saturated carbocycles. The van der Waals surface area contributed by atoms with Gasteiger partial charge < -0.3 is 4.74 Å². The lowest BCUT2D eigenvalue weighted by atomic mass is 9.95. The number of hydrogen-bond acceptors (Lipinski definition) is 5. The molecule has 1 fully saturated rings. The van der Waals surface area contributed by atoms with Crippen molar-refractivity contribution in [2.45, 2.75) is 51.6 Å². The Hall–Kier alpha value is -1.73. The lowest BCUT2D eigenvalue weighted by molar-refractivity contribution is 0.112. The smallest absolute Gasteiger partial charge is 0.332 e. The van der Waals surface area contributed by atoms with Gasteiger partial charge in [0.1, 0.15) is 4.83 Å². The Morgan fingerprint density at radius 1 is 1.25 bits per heavy atom. The number of thiophene rings is 1. The van der Waals surface area contributed by atoms with Gasteiger partial charge in [0, 0.05) is 13.2 Å². The summed E-state index contributed by atoms with van der Waals surface area (Å²) in [6, 6.07) is -0.0454. The maximum atomic E-state index is 13.0.